The lowest BCUT2D eigenvalue weighted by Crippen LogP contribution is -2.46. The third-order valence-electron chi connectivity index (χ3n) is 5.18. The van der Waals surface area contributed by atoms with Crippen molar-refractivity contribution < 1.29 is 14.3 Å². The zero-order chi connectivity index (χ0) is 22.3. The molecule has 10 heteroatoms. The first-order chi connectivity index (χ1) is 15.6. The Balaban J connectivity index is 1.26. The van der Waals surface area contributed by atoms with Crippen LogP contribution in [-0.4, -0.2) is 56.3 Å². The van der Waals surface area contributed by atoms with E-state index in [0.717, 1.165) is 34.8 Å². The first-order valence-corrected chi connectivity index (χ1v) is 11.3. The number of ether oxygens (including phenoxy) is 1. The predicted octanol–water partition coefficient (Wildman–Crippen LogP) is 2.24. The first-order valence-electron chi connectivity index (χ1n) is 10.4. The smallest absolute Gasteiger partial charge is 0.316 e. The number of carbonyl (C=O) groups excluding carboxylic acids is 2. The molecule has 1 aliphatic heterocycles. The van der Waals surface area contributed by atoms with Crippen LogP contribution in [0.3, 0.4) is 0 Å². The Labute approximate surface area is 189 Å². The van der Waals surface area contributed by atoms with E-state index in [1.54, 1.807) is 29.6 Å². The van der Waals surface area contributed by atoms with Gasteiger partial charge in [0, 0.05) is 48.3 Å². The van der Waals surface area contributed by atoms with Gasteiger partial charge in [-0.15, -0.1) is 11.3 Å². The highest BCUT2D eigenvalue weighted by Gasteiger charge is 2.28. The number of hydrogen-bond donors (Lipinski definition) is 1. The third kappa shape index (κ3) is 5.64. The van der Waals surface area contributed by atoms with Gasteiger partial charge in [-0.2, -0.15) is 0 Å². The zero-order valence-corrected chi connectivity index (χ0v) is 18.5. The van der Waals surface area contributed by atoms with Gasteiger partial charge in [0.1, 0.15) is 5.01 Å². The van der Waals surface area contributed by atoms with E-state index >= 15 is 0 Å². The number of nitrogens with zero attached hydrogens (tertiary/aromatic N) is 5. The molecule has 9 nitrogen and oxygen atoms in total. The SMILES string of the molecule is Cc1ccc(-c2csc(CNC(=O)[C@H]3CCCN(C(=O)COc4ncccn4)C3)n2)cn1. The minimum atomic E-state index is -0.249. The summed E-state index contributed by atoms with van der Waals surface area (Å²) in [7, 11) is 0. The number of aryl methyl sites for hydroxylation is 1. The maximum absolute atomic E-state index is 12.7. The highest BCUT2D eigenvalue weighted by atomic mass is 32.1. The normalized spacial score (nSPS) is 15.9. The molecule has 3 aromatic heterocycles. The Morgan fingerprint density at radius 1 is 1.25 bits per heavy atom. The van der Waals surface area contributed by atoms with Gasteiger partial charge >= 0.3 is 6.01 Å². The maximum atomic E-state index is 12.7. The van der Waals surface area contributed by atoms with Crippen LogP contribution in [0.25, 0.3) is 11.3 Å². The molecule has 0 unspecified atom stereocenters. The second-order valence-corrected chi connectivity index (χ2v) is 8.47. The lowest BCUT2D eigenvalue weighted by atomic mass is 9.97. The van der Waals surface area contributed by atoms with Crippen LogP contribution in [0, 0.1) is 12.8 Å². The van der Waals surface area contributed by atoms with E-state index in [2.05, 4.69) is 25.3 Å². The highest BCUT2D eigenvalue weighted by molar-refractivity contribution is 7.09. The van der Waals surface area contributed by atoms with Gasteiger partial charge < -0.3 is 15.0 Å². The molecule has 1 fully saturated rings. The number of pyridine rings is 1. The van der Waals surface area contributed by atoms with E-state index < -0.39 is 0 Å². The van der Waals surface area contributed by atoms with Gasteiger partial charge in [0.25, 0.3) is 5.91 Å². The Morgan fingerprint density at radius 2 is 2.09 bits per heavy atom. The molecule has 0 spiro atoms. The second-order valence-electron chi connectivity index (χ2n) is 7.53. The molecule has 4 heterocycles. The number of hydrogen-bond acceptors (Lipinski definition) is 8. The number of thiazole rings is 1. The van der Waals surface area contributed by atoms with E-state index in [0.29, 0.717) is 19.6 Å². The monoisotopic (exact) mass is 452 g/mol. The summed E-state index contributed by atoms with van der Waals surface area (Å²) >= 11 is 1.50. The molecule has 1 saturated heterocycles. The molecule has 3 aromatic rings. The Kier molecular flexibility index (Phi) is 7.00. The van der Waals surface area contributed by atoms with Gasteiger partial charge in [0.2, 0.25) is 5.91 Å². The molecule has 0 radical (unpaired) electrons. The van der Waals surface area contributed by atoms with E-state index in [1.165, 1.54) is 11.3 Å². The van der Waals surface area contributed by atoms with E-state index in [9.17, 15) is 9.59 Å². The van der Waals surface area contributed by atoms with Gasteiger partial charge in [0.05, 0.1) is 18.2 Å². The van der Waals surface area contributed by atoms with Crippen LogP contribution >= 0.6 is 11.3 Å². The van der Waals surface area contributed by atoms with Crippen LogP contribution in [0.15, 0.2) is 42.2 Å². The molecule has 0 saturated carbocycles. The van der Waals surface area contributed by atoms with Crippen LogP contribution < -0.4 is 10.1 Å². The molecule has 166 valence electrons. The average Bonchev–Trinajstić information content (AvgIpc) is 3.31. The van der Waals surface area contributed by atoms with Gasteiger partial charge in [-0.25, -0.2) is 15.0 Å². The highest BCUT2D eigenvalue weighted by Crippen LogP contribution is 2.22. The first kappa shape index (κ1) is 21.8. The van der Waals surface area contributed by atoms with Gasteiger partial charge in [-0.05, 0) is 38.0 Å². The quantitative estimate of drug-likeness (QED) is 0.585. The number of aromatic nitrogens is 4. The number of piperidine rings is 1. The van der Waals surface area contributed by atoms with Crippen molar-refractivity contribution in [1.82, 2.24) is 30.2 Å². The number of rotatable bonds is 7. The lowest BCUT2D eigenvalue weighted by molar-refractivity contribution is -0.137. The summed E-state index contributed by atoms with van der Waals surface area (Å²) in [6.07, 6.45) is 6.42. The van der Waals surface area contributed by atoms with Crippen molar-refractivity contribution >= 4 is 23.2 Å². The van der Waals surface area contributed by atoms with E-state index in [4.69, 9.17) is 4.74 Å². The molecule has 1 atom stereocenters. The Hall–Kier alpha value is -3.40. The van der Waals surface area contributed by atoms with Crippen molar-refractivity contribution in [3.63, 3.8) is 0 Å². The predicted molar refractivity (Wildman–Crippen MR) is 119 cm³/mol. The fourth-order valence-corrected chi connectivity index (χ4v) is 4.19. The summed E-state index contributed by atoms with van der Waals surface area (Å²) in [6.45, 7) is 3.15. The maximum Gasteiger partial charge on any atom is 0.316 e. The van der Waals surface area contributed by atoms with Crippen molar-refractivity contribution in [1.29, 1.82) is 0 Å². The number of nitrogens with one attached hydrogen (secondary N) is 1. The molecule has 0 bridgehead atoms. The van der Waals surface area contributed by atoms with Crippen LogP contribution in [0.4, 0.5) is 0 Å². The van der Waals surface area contributed by atoms with Crippen LogP contribution in [-0.2, 0) is 16.1 Å². The molecule has 2 amide bonds. The molecule has 1 aliphatic rings. The minimum Gasteiger partial charge on any atom is -0.453 e. The van der Waals surface area contributed by atoms with Crippen molar-refractivity contribution in [3.05, 3.63) is 52.9 Å². The summed E-state index contributed by atoms with van der Waals surface area (Å²) in [5.74, 6) is -0.490. The molecule has 32 heavy (non-hydrogen) atoms. The van der Waals surface area contributed by atoms with Gasteiger partial charge in [-0.3, -0.25) is 14.6 Å². The Bertz CT molecular complexity index is 1060. The van der Waals surface area contributed by atoms with Crippen molar-refractivity contribution in [2.45, 2.75) is 26.3 Å². The van der Waals surface area contributed by atoms with E-state index in [-0.39, 0.29) is 30.3 Å². The number of carbonyl (C=O) groups is 2. The fraction of sp³-hybridized carbons (Fsp3) is 0.364. The summed E-state index contributed by atoms with van der Waals surface area (Å²) in [5.41, 5.74) is 2.76. The summed E-state index contributed by atoms with van der Waals surface area (Å²) in [5, 5.41) is 5.76. The standard InChI is InChI=1S/C22H24N6O3S/c1-15-5-6-16(10-25-15)18-14-32-19(27-18)11-26-21(30)17-4-2-9-28(12-17)20(29)13-31-22-23-7-3-8-24-22/h3,5-8,10,14,17H,2,4,9,11-13H2,1H3,(H,26,30)/t17-/m0/s1. The number of likely N-dealkylation sites (tertiary alicyclic amines) is 1. The van der Waals surface area contributed by atoms with Crippen molar-refractivity contribution in [2.24, 2.45) is 5.92 Å². The van der Waals surface area contributed by atoms with Gasteiger partial charge in [0.15, 0.2) is 6.61 Å². The summed E-state index contributed by atoms with van der Waals surface area (Å²) in [4.78, 5) is 43.6. The fourth-order valence-electron chi connectivity index (χ4n) is 3.45. The van der Waals surface area contributed by atoms with Crippen LogP contribution in [0.1, 0.15) is 23.5 Å². The molecule has 4 rings (SSSR count). The van der Waals surface area contributed by atoms with Crippen molar-refractivity contribution in [3.8, 4) is 17.3 Å². The second kappa shape index (κ2) is 10.3. The zero-order valence-electron chi connectivity index (χ0n) is 17.7. The molecular formula is C22H24N6O3S. The summed E-state index contributed by atoms with van der Waals surface area (Å²) in [6, 6.07) is 5.77. The van der Waals surface area contributed by atoms with Crippen LogP contribution in [0.5, 0.6) is 6.01 Å². The minimum absolute atomic E-state index is 0.0661. The average molecular weight is 453 g/mol. The van der Waals surface area contributed by atoms with Crippen LogP contribution in [0.2, 0.25) is 0 Å². The van der Waals surface area contributed by atoms with Gasteiger partial charge in [-0.1, -0.05) is 0 Å². The Morgan fingerprint density at radius 3 is 2.88 bits per heavy atom. The molecule has 0 aromatic carbocycles. The van der Waals surface area contributed by atoms with Crippen molar-refractivity contribution in [2.75, 3.05) is 19.7 Å². The molecule has 1 N–H and O–H groups in total. The topological polar surface area (TPSA) is 110 Å². The third-order valence-corrected chi connectivity index (χ3v) is 6.03. The lowest BCUT2D eigenvalue weighted by Gasteiger charge is -2.31. The number of amides is 2. The molecular weight excluding hydrogens is 428 g/mol. The molecule has 0 aliphatic carbocycles. The summed E-state index contributed by atoms with van der Waals surface area (Å²) < 4.78 is 5.34. The largest absolute Gasteiger partial charge is 0.453 e. The van der Waals surface area contributed by atoms with E-state index in [1.807, 2.05) is 24.4 Å².